The van der Waals surface area contributed by atoms with Crippen LogP contribution >= 0.6 is 0 Å². The number of carboxylic acid groups (broad SMARTS) is 1. The molecule has 2 N–H and O–H groups in total. The number of aliphatic carboxylic acids is 1. The molecular formula is C18H21NO5. The quantitative estimate of drug-likeness (QED) is 0.778. The summed E-state index contributed by atoms with van der Waals surface area (Å²) in [6, 6.07) is 7.25. The van der Waals surface area contributed by atoms with Gasteiger partial charge < -0.3 is 19.9 Å². The molecule has 2 aliphatic heterocycles. The van der Waals surface area contributed by atoms with Gasteiger partial charge in [0.15, 0.2) is 0 Å². The van der Waals surface area contributed by atoms with Crippen molar-refractivity contribution in [3.8, 4) is 5.75 Å². The van der Waals surface area contributed by atoms with E-state index in [1.54, 1.807) is 12.2 Å². The predicted octanol–water partition coefficient (Wildman–Crippen LogP) is 1.92. The Hall–Kier alpha value is -2.34. The maximum absolute atomic E-state index is 12.6. The number of hydrogen-bond acceptors (Lipinski definition) is 4. The number of ether oxygens (including phenoxy) is 2. The average Bonchev–Trinajstić information content (AvgIpc) is 3.16. The highest BCUT2D eigenvalue weighted by Gasteiger charge is 2.53. The topological polar surface area (TPSA) is 84.9 Å². The molecule has 24 heavy (non-hydrogen) atoms. The van der Waals surface area contributed by atoms with Crippen LogP contribution in [-0.4, -0.2) is 35.8 Å². The Morgan fingerprint density at radius 3 is 2.42 bits per heavy atom. The molecule has 1 saturated heterocycles. The van der Waals surface area contributed by atoms with Gasteiger partial charge in [0.1, 0.15) is 11.7 Å². The van der Waals surface area contributed by atoms with Gasteiger partial charge in [-0.25, -0.2) is 0 Å². The molecule has 6 heteroatoms. The van der Waals surface area contributed by atoms with Gasteiger partial charge in [0.05, 0.1) is 30.8 Å². The predicted molar refractivity (Wildman–Crippen MR) is 86.6 cm³/mol. The van der Waals surface area contributed by atoms with E-state index in [9.17, 15) is 14.7 Å². The number of carboxylic acids is 1. The molecular weight excluding hydrogens is 310 g/mol. The van der Waals surface area contributed by atoms with Crippen LogP contribution in [0.5, 0.6) is 5.75 Å². The molecule has 128 valence electrons. The zero-order valence-corrected chi connectivity index (χ0v) is 13.6. The Kier molecular flexibility index (Phi) is 4.57. The molecule has 2 heterocycles. The van der Waals surface area contributed by atoms with Gasteiger partial charge >= 0.3 is 5.97 Å². The highest BCUT2D eigenvalue weighted by Crippen LogP contribution is 2.39. The van der Waals surface area contributed by atoms with Crippen molar-refractivity contribution in [2.75, 3.05) is 6.61 Å². The number of carbonyl (C=O) groups excluding carboxylic acids is 1. The maximum Gasteiger partial charge on any atom is 0.310 e. The van der Waals surface area contributed by atoms with Crippen molar-refractivity contribution >= 4 is 11.9 Å². The minimum atomic E-state index is -0.999. The summed E-state index contributed by atoms with van der Waals surface area (Å²) < 4.78 is 10.9. The SMILES string of the molecule is CCOc1ccc([C@H](C)NC(=O)[C@@H]2[C@H](C(=O)O)[C@H]3C=C[C@H]2O3)cc1. The summed E-state index contributed by atoms with van der Waals surface area (Å²) in [5.74, 6) is -2.03. The third-order valence-corrected chi connectivity index (χ3v) is 4.54. The van der Waals surface area contributed by atoms with Gasteiger partial charge in [0.25, 0.3) is 0 Å². The largest absolute Gasteiger partial charge is 0.494 e. The molecule has 0 spiro atoms. The first-order valence-corrected chi connectivity index (χ1v) is 8.11. The minimum Gasteiger partial charge on any atom is -0.494 e. The molecule has 1 aromatic rings. The second-order valence-corrected chi connectivity index (χ2v) is 6.07. The highest BCUT2D eigenvalue weighted by molar-refractivity contribution is 5.87. The van der Waals surface area contributed by atoms with Gasteiger partial charge in [-0.15, -0.1) is 0 Å². The van der Waals surface area contributed by atoms with Gasteiger partial charge in [-0.1, -0.05) is 24.3 Å². The Morgan fingerprint density at radius 2 is 1.83 bits per heavy atom. The molecule has 6 nitrogen and oxygen atoms in total. The molecule has 0 unspecified atom stereocenters. The van der Waals surface area contributed by atoms with Crippen LogP contribution in [0.25, 0.3) is 0 Å². The van der Waals surface area contributed by atoms with E-state index in [1.165, 1.54) is 0 Å². The van der Waals surface area contributed by atoms with Crippen LogP contribution in [0.4, 0.5) is 0 Å². The lowest BCUT2D eigenvalue weighted by Crippen LogP contribution is -2.43. The molecule has 1 aromatic carbocycles. The second-order valence-electron chi connectivity index (χ2n) is 6.07. The van der Waals surface area contributed by atoms with E-state index >= 15 is 0 Å². The fourth-order valence-corrected chi connectivity index (χ4v) is 3.33. The van der Waals surface area contributed by atoms with Gasteiger partial charge in [-0.3, -0.25) is 9.59 Å². The molecule has 0 aromatic heterocycles. The van der Waals surface area contributed by atoms with Crippen molar-refractivity contribution in [1.29, 1.82) is 0 Å². The lowest BCUT2D eigenvalue weighted by atomic mass is 9.82. The summed E-state index contributed by atoms with van der Waals surface area (Å²) in [5.41, 5.74) is 0.929. The standard InChI is InChI=1S/C18H21NO5/c1-3-23-12-6-4-11(5-7-12)10(2)19-17(20)15-13-8-9-14(24-13)16(15)18(21)22/h4-10,13-16H,3H2,1-2H3,(H,19,20)(H,21,22)/t10-,13+,14+,15-,16+/m0/s1. The van der Waals surface area contributed by atoms with Crippen molar-refractivity contribution < 1.29 is 24.2 Å². The normalized spacial score (nSPS) is 28.6. The lowest BCUT2D eigenvalue weighted by Gasteiger charge is -2.23. The molecule has 1 amide bonds. The minimum absolute atomic E-state index is 0.231. The number of fused-ring (bicyclic) bond motifs is 2. The Balaban J connectivity index is 1.67. The monoisotopic (exact) mass is 331 g/mol. The van der Waals surface area contributed by atoms with Crippen LogP contribution in [0.2, 0.25) is 0 Å². The van der Waals surface area contributed by atoms with Crippen LogP contribution in [0.3, 0.4) is 0 Å². The summed E-state index contributed by atoms with van der Waals surface area (Å²) in [4.78, 5) is 24.0. The first-order chi connectivity index (χ1) is 11.5. The number of rotatable bonds is 6. The van der Waals surface area contributed by atoms with E-state index in [-0.39, 0.29) is 11.9 Å². The summed E-state index contributed by atoms with van der Waals surface area (Å²) in [6.07, 6.45) is 2.53. The van der Waals surface area contributed by atoms with E-state index in [1.807, 2.05) is 38.1 Å². The molecule has 2 aliphatic rings. The average molecular weight is 331 g/mol. The summed E-state index contributed by atoms with van der Waals surface area (Å²) in [5, 5.41) is 12.3. The lowest BCUT2D eigenvalue weighted by molar-refractivity contribution is -0.146. The van der Waals surface area contributed by atoms with Gasteiger partial charge in [-0.05, 0) is 31.5 Å². The van der Waals surface area contributed by atoms with Gasteiger partial charge in [-0.2, -0.15) is 0 Å². The van der Waals surface area contributed by atoms with E-state index in [4.69, 9.17) is 9.47 Å². The number of amides is 1. The second kappa shape index (κ2) is 6.65. The van der Waals surface area contributed by atoms with Crippen molar-refractivity contribution in [3.63, 3.8) is 0 Å². The van der Waals surface area contributed by atoms with Crippen LogP contribution < -0.4 is 10.1 Å². The number of nitrogens with one attached hydrogen (secondary N) is 1. The first-order valence-electron chi connectivity index (χ1n) is 8.11. The first kappa shape index (κ1) is 16.5. The van der Waals surface area contributed by atoms with E-state index in [0.717, 1.165) is 11.3 Å². The van der Waals surface area contributed by atoms with E-state index in [0.29, 0.717) is 6.61 Å². The summed E-state index contributed by atoms with van der Waals surface area (Å²) >= 11 is 0. The Labute approximate surface area is 140 Å². The summed E-state index contributed by atoms with van der Waals surface area (Å²) in [6.45, 7) is 4.38. The maximum atomic E-state index is 12.6. The third kappa shape index (κ3) is 3.01. The zero-order valence-electron chi connectivity index (χ0n) is 13.6. The van der Waals surface area contributed by atoms with Crippen molar-refractivity contribution in [1.82, 2.24) is 5.32 Å². The van der Waals surface area contributed by atoms with Crippen LogP contribution in [0.15, 0.2) is 36.4 Å². The van der Waals surface area contributed by atoms with E-state index < -0.39 is 30.0 Å². The van der Waals surface area contributed by atoms with Gasteiger partial charge in [0.2, 0.25) is 5.91 Å². The fraction of sp³-hybridized carbons (Fsp3) is 0.444. The molecule has 3 rings (SSSR count). The van der Waals surface area contributed by atoms with E-state index in [2.05, 4.69) is 5.32 Å². The molecule has 1 fully saturated rings. The van der Waals surface area contributed by atoms with Crippen LogP contribution in [-0.2, 0) is 14.3 Å². The molecule has 0 aliphatic carbocycles. The smallest absolute Gasteiger partial charge is 0.310 e. The van der Waals surface area contributed by atoms with Crippen molar-refractivity contribution in [3.05, 3.63) is 42.0 Å². The highest BCUT2D eigenvalue weighted by atomic mass is 16.5. The number of carbonyl (C=O) groups is 2. The van der Waals surface area contributed by atoms with Crippen molar-refractivity contribution in [2.24, 2.45) is 11.8 Å². The Bertz CT molecular complexity index is 654. The zero-order chi connectivity index (χ0) is 17.3. The fourth-order valence-electron chi connectivity index (χ4n) is 3.33. The molecule has 5 atom stereocenters. The number of benzene rings is 1. The molecule has 0 saturated carbocycles. The third-order valence-electron chi connectivity index (χ3n) is 4.54. The summed E-state index contributed by atoms with van der Waals surface area (Å²) in [7, 11) is 0. The van der Waals surface area contributed by atoms with Gasteiger partial charge in [0, 0.05) is 0 Å². The molecule has 0 radical (unpaired) electrons. The van der Waals surface area contributed by atoms with Crippen LogP contribution in [0, 0.1) is 11.8 Å². The van der Waals surface area contributed by atoms with Crippen LogP contribution in [0.1, 0.15) is 25.5 Å². The molecule has 2 bridgehead atoms. The Morgan fingerprint density at radius 1 is 1.21 bits per heavy atom. The number of hydrogen-bond donors (Lipinski definition) is 2. The van der Waals surface area contributed by atoms with Crippen molar-refractivity contribution in [2.45, 2.75) is 32.1 Å².